The number of fused-ring (bicyclic) bond motifs is 2. The lowest BCUT2D eigenvalue weighted by Crippen LogP contribution is -2.43. The molecule has 1 aliphatic heterocycles. The van der Waals surface area contributed by atoms with Gasteiger partial charge in [-0.25, -0.2) is 6.57 Å². The number of nitrogens with one attached hydrogen (secondary N) is 2. The van der Waals surface area contributed by atoms with Crippen molar-refractivity contribution < 1.29 is 14.4 Å². The van der Waals surface area contributed by atoms with Crippen molar-refractivity contribution in [2.24, 2.45) is 5.92 Å². The molecule has 2 aliphatic rings. The van der Waals surface area contributed by atoms with Crippen molar-refractivity contribution in [2.75, 3.05) is 17.2 Å². The summed E-state index contributed by atoms with van der Waals surface area (Å²) in [6.45, 7) is 7.13. The zero-order valence-electron chi connectivity index (χ0n) is 16.8. The molecule has 160 valence electrons. The lowest BCUT2D eigenvalue weighted by atomic mass is 10.1. The molecule has 1 aliphatic carbocycles. The summed E-state index contributed by atoms with van der Waals surface area (Å²) in [6.07, 6.45) is 3.88. The third-order valence-electron chi connectivity index (χ3n) is 5.74. The number of rotatable bonds is 7. The lowest BCUT2D eigenvalue weighted by molar-refractivity contribution is -0.131. The monoisotopic (exact) mass is 483 g/mol. The maximum atomic E-state index is 12.8. The summed E-state index contributed by atoms with van der Waals surface area (Å²) in [7, 11) is 0. The third kappa shape index (κ3) is 4.39. The van der Waals surface area contributed by atoms with E-state index in [2.05, 4.69) is 36.4 Å². The number of piperidine rings is 1. The first-order chi connectivity index (χ1) is 15.0. The smallest absolute Gasteiger partial charge is 0.301 e. The zero-order chi connectivity index (χ0) is 22.0. The Kier molecular flexibility index (Phi) is 6.18. The van der Waals surface area contributed by atoms with Crippen molar-refractivity contribution in [3.05, 3.63) is 47.4 Å². The van der Waals surface area contributed by atoms with E-state index in [4.69, 9.17) is 6.57 Å². The van der Waals surface area contributed by atoms with Crippen LogP contribution in [-0.2, 0) is 9.59 Å². The second kappa shape index (κ2) is 9.02. The Labute approximate surface area is 188 Å². The molecule has 1 saturated heterocycles. The fraction of sp³-hybridized carbons (Fsp3) is 0.409. The van der Waals surface area contributed by atoms with Gasteiger partial charge in [0.1, 0.15) is 0 Å². The molecule has 9 heteroatoms. The Bertz CT molecular complexity index is 1080. The molecule has 0 spiro atoms. The number of pyridine rings is 1. The molecule has 0 unspecified atom stereocenters. The summed E-state index contributed by atoms with van der Waals surface area (Å²) in [5, 5.41) is 6.87. The minimum Gasteiger partial charge on any atom is -0.343 e. The van der Waals surface area contributed by atoms with Crippen molar-refractivity contribution in [1.82, 2.24) is 15.2 Å². The molecule has 31 heavy (non-hydrogen) atoms. The van der Waals surface area contributed by atoms with Crippen LogP contribution in [0.15, 0.2) is 30.5 Å². The fourth-order valence-electron chi connectivity index (χ4n) is 4.15. The Morgan fingerprint density at radius 3 is 2.87 bits per heavy atom. The first-order valence-corrected chi connectivity index (χ1v) is 11.3. The molecule has 3 atom stereocenters. The van der Waals surface area contributed by atoms with Gasteiger partial charge < -0.3 is 10.6 Å². The van der Waals surface area contributed by atoms with E-state index in [1.807, 2.05) is 0 Å². The molecule has 1 saturated carbocycles. The van der Waals surface area contributed by atoms with Crippen LogP contribution in [0.4, 0.5) is 5.69 Å². The Balaban J connectivity index is 1.47. The molecule has 0 radical (unpaired) electrons. The Morgan fingerprint density at radius 2 is 2.10 bits per heavy atom. The van der Waals surface area contributed by atoms with Crippen LogP contribution in [0, 0.1) is 12.5 Å². The molecule has 4 rings (SSSR count). The van der Waals surface area contributed by atoms with Crippen molar-refractivity contribution in [3.8, 4) is 0 Å². The number of likely N-dealkylation sites (tertiary alicyclic amines) is 1. The number of benzene rings is 1. The van der Waals surface area contributed by atoms with Crippen LogP contribution >= 0.6 is 15.9 Å². The number of alkyl halides is 1. The van der Waals surface area contributed by atoms with Gasteiger partial charge in [-0.2, -0.15) is 0 Å². The van der Waals surface area contributed by atoms with Crippen LogP contribution < -0.4 is 10.6 Å². The molecule has 0 bridgehead atoms. The average Bonchev–Trinajstić information content (AvgIpc) is 3.44. The second-order valence-corrected chi connectivity index (χ2v) is 8.59. The van der Waals surface area contributed by atoms with Crippen LogP contribution in [0.5, 0.6) is 0 Å². The van der Waals surface area contributed by atoms with Crippen LogP contribution in [0.3, 0.4) is 0 Å². The largest absolute Gasteiger partial charge is 0.343 e. The van der Waals surface area contributed by atoms with Crippen LogP contribution in [-0.4, -0.2) is 51.7 Å². The van der Waals surface area contributed by atoms with E-state index in [-0.39, 0.29) is 24.4 Å². The minimum atomic E-state index is -0.411. The average molecular weight is 484 g/mol. The highest BCUT2D eigenvalue weighted by Gasteiger charge is 2.57. The molecule has 2 fully saturated rings. The minimum absolute atomic E-state index is 0.118. The summed E-state index contributed by atoms with van der Waals surface area (Å²) < 4.78 is 0. The fourth-order valence-corrected chi connectivity index (χ4v) is 4.43. The van der Waals surface area contributed by atoms with Gasteiger partial charge in [-0.3, -0.25) is 29.1 Å². The summed E-state index contributed by atoms with van der Waals surface area (Å²) in [5.74, 6) is -0.300. The number of aromatic nitrogens is 1. The summed E-state index contributed by atoms with van der Waals surface area (Å²) in [5.41, 5.74) is 1.43. The summed E-state index contributed by atoms with van der Waals surface area (Å²) in [4.78, 5) is 47.1. The van der Waals surface area contributed by atoms with E-state index in [0.29, 0.717) is 34.5 Å². The highest BCUT2D eigenvalue weighted by Crippen LogP contribution is 2.48. The van der Waals surface area contributed by atoms with Crippen molar-refractivity contribution >= 4 is 50.2 Å². The second-order valence-electron chi connectivity index (χ2n) is 7.79. The number of hydrogen-bond donors (Lipinski definition) is 2. The van der Waals surface area contributed by atoms with E-state index < -0.39 is 12.1 Å². The van der Waals surface area contributed by atoms with Gasteiger partial charge in [-0.15, -0.1) is 0 Å². The quantitative estimate of drug-likeness (QED) is 0.467. The van der Waals surface area contributed by atoms with E-state index in [9.17, 15) is 14.4 Å². The number of nitrogens with zero attached hydrogens (tertiary/aromatic N) is 3. The molecule has 2 heterocycles. The molecule has 3 amide bonds. The van der Waals surface area contributed by atoms with Gasteiger partial charge in [0.15, 0.2) is 0 Å². The highest BCUT2D eigenvalue weighted by atomic mass is 79.9. The van der Waals surface area contributed by atoms with Crippen LogP contribution in [0.25, 0.3) is 15.7 Å². The molecule has 2 aromatic rings. The number of para-hydroxylation sites is 1. The topological polar surface area (TPSA) is 95.8 Å². The predicted molar refractivity (Wildman–Crippen MR) is 119 cm³/mol. The van der Waals surface area contributed by atoms with E-state index >= 15 is 0 Å². The van der Waals surface area contributed by atoms with Gasteiger partial charge in [0, 0.05) is 35.8 Å². The normalized spacial score (nSPS) is 21.3. The molecular formula is C22H22BrN5O3. The maximum absolute atomic E-state index is 12.8. The van der Waals surface area contributed by atoms with Gasteiger partial charge in [0.25, 0.3) is 5.91 Å². The number of halogens is 1. The molecule has 1 aromatic heterocycles. The van der Waals surface area contributed by atoms with Gasteiger partial charge in [-0.1, -0.05) is 28.1 Å². The first kappa shape index (κ1) is 21.2. The van der Waals surface area contributed by atoms with Gasteiger partial charge in [0.05, 0.1) is 23.3 Å². The number of anilines is 1. The summed E-state index contributed by atoms with van der Waals surface area (Å²) >= 11 is 3.31. The van der Waals surface area contributed by atoms with Crippen LogP contribution in [0.2, 0.25) is 0 Å². The maximum Gasteiger partial charge on any atom is 0.301 e. The van der Waals surface area contributed by atoms with E-state index in [1.54, 1.807) is 29.2 Å². The predicted octanol–water partition coefficient (Wildman–Crippen LogP) is 2.94. The van der Waals surface area contributed by atoms with E-state index in [0.717, 1.165) is 24.6 Å². The SMILES string of the molecule is [C-]#[N+][C@@H]1C[C@@H]2C[C@@H]2N1C(=O)CNC(=O)c1ccnc2c(NC(=O)CCCBr)cccc12. The molecule has 8 nitrogen and oxygen atoms in total. The molecule has 1 aromatic carbocycles. The lowest BCUT2D eigenvalue weighted by Gasteiger charge is -2.19. The number of carbonyl (C=O) groups is 3. The Morgan fingerprint density at radius 1 is 1.26 bits per heavy atom. The first-order valence-electron chi connectivity index (χ1n) is 10.2. The Hall–Kier alpha value is -2.99. The molecule has 2 N–H and O–H groups in total. The van der Waals surface area contributed by atoms with Gasteiger partial charge in [0.2, 0.25) is 11.8 Å². The standard InChI is InChI=1S/C22H22BrN5O3/c1-24-18-11-13-10-17(13)28(18)20(30)12-26-22(31)15-7-9-25-21-14(15)4-2-5-16(21)27-19(29)6-3-8-23/h2,4-5,7,9,13,17-18H,3,6,8,10-12H2,(H,26,31)(H,27,29)/t13-,17-,18-/m0/s1. The number of hydrogen-bond acceptors (Lipinski definition) is 4. The highest BCUT2D eigenvalue weighted by molar-refractivity contribution is 9.09. The van der Waals surface area contributed by atoms with Gasteiger partial charge in [-0.05, 0) is 30.9 Å². The van der Waals surface area contributed by atoms with Crippen LogP contribution in [0.1, 0.15) is 36.0 Å². The van der Waals surface area contributed by atoms with Gasteiger partial charge >= 0.3 is 6.17 Å². The van der Waals surface area contributed by atoms with E-state index in [1.165, 1.54) is 6.20 Å². The summed E-state index contributed by atoms with van der Waals surface area (Å²) in [6, 6.07) is 7.01. The molecular weight excluding hydrogens is 462 g/mol. The van der Waals surface area contributed by atoms with Crippen molar-refractivity contribution in [3.63, 3.8) is 0 Å². The number of carbonyl (C=O) groups excluding carboxylic acids is 3. The zero-order valence-corrected chi connectivity index (χ0v) is 18.4. The third-order valence-corrected chi connectivity index (χ3v) is 6.30. The number of amides is 3. The van der Waals surface area contributed by atoms with Crippen molar-refractivity contribution in [1.29, 1.82) is 0 Å². The van der Waals surface area contributed by atoms with Crippen molar-refractivity contribution in [2.45, 2.75) is 37.9 Å².